The molecule has 0 aliphatic carbocycles. The van der Waals surface area contributed by atoms with E-state index in [4.69, 9.17) is 14.6 Å². The summed E-state index contributed by atoms with van der Waals surface area (Å²) in [6.07, 6.45) is -3.40. The quantitative estimate of drug-likeness (QED) is 0.441. The number of para-hydroxylation sites is 2. The van der Waals surface area contributed by atoms with Crippen LogP contribution in [-0.2, 0) is 4.79 Å². The van der Waals surface area contributed by atoms with E-state index < -0.39 is 12.1 Å². The molecule has 180 valence electrons. The van der Waals surface area contributed by atoms with Crippen molar-refractivity contribution in [2.24, 2.45) is 0 Å². The minimum atomic E-state index is -5.08. The molecule has 2 aromatic carbocycles. The van der Waals surface area contributed by atoms with Crippen molar-refractivity contribution in [2.75, 3.05) is 43.1 Å². The van der Waals surface area contributed by atoms with Gasteiger partial charge in [0.15, 0.2) is 0 Å². The number of halogens is 3. The van der Waals surface area contributed by atoms with Crippen molar-refractivity contribution in [1.82, 2.24) is 4.98 Å². The number of nitro groups is 1. The number of hydrogen-bond donors (Lipinski definition) is 1. The second-order valence-electron chi connectivity index (χ2n) is 7.21. The summed E-state index contributed by atoms with van der Waals surface area (Å²) in [6.45, 7) is 3.29. The van der Waals surface area contributed by atoms with E-state index >= 15 is 0 Å². The minimum absolute atomic E-state index is 0.0921. The molecule has 0 saturated carbocycles. The number of carboxylic acids is 1. The molecular formula is C22H21F3N4O5. The van der Waals surface area contributed by atoms with Crippen molar-refractivity contribution >= 4 is 33.9 Å². The summed E-state index contributed by atoms with van der Waals surface area (Å²) < 4.78 is 37.2. The highest BCUT2D eigenvalue weighted by molar-refractivity contribution is 5.97. The number of benzene rings is 2. The van der Waals surface area contributed by atoms with Crippen LogP contribution in [0.2, 0.25) is 0 Å². The summed E-state index contributed by atoms with van der Waals surface area (Å²) in [5.74, 6) is -1.89. The molecule has 4 rings (SSSR count). The first kappa shape index (κ1) is 24.6. The van der Waals surface area contributed by atoms with Crippen LogP contribution in [0.15, 0.2) is 54.7 Å². The van der Waals surface area contributed by atoms with Gasteiger partial charge < -0.3 is 19.6 Å². The van der Waals surface area contributed by atoms with E-state index in [1.54, 1.807) is 31.5 Å². The van der Waals surface area contributed by atoms with Gasteiger partial charge >= 0.3 is 12.1 Å². The fraction of sp³-hybridized carbons (Fsp3) is 0.273. The molecule has 2 heterocycles. The lowest BCUT2D eigenvalue weighted by Crippen LogP contribution is -2.46. The topological polar surface area (TPSA) is 109 Å². The van der Waals surface area contributed by atoms with Crippen LogP contribution in [0.4, 0.5) is 30.2 Å². The van der Waals surface area contributed by atoms with Crippen LogP contribution in [0.5, 0.6) is 5.75 Å². The molecule has 1 fully saturated rings. The second kappa shape index (κ2) is 10.2. The second-order valence-corrected chi connectivity index (χ2v) is 7.21. The van der Waals surface area contributed by atoms with Crippen molar-refractivity contribution in [3.63, 3.8) is 0 Å². The first-order valence-electron chi connectivity index (χ1n) is 10.1. The molecular weight excluding hydrogens is 457 g/mol. The van der Waals surface area contributed by atoms with Crippen LogP contribution < -0.4 is 14.5 Å². The van der Waals surface area contributed by atoms with Crippen LogP contribution >= 0.6 is 0 Å². The number of piperazine rings is 1. The van der Waals surface area contributed by atoms with E-state index in [1.165, 1.54) is 0 Å². The molecule has 9 nitrogen and oxygen atoms in total. The molecule has 1 aromatic heterocycles. The third kappa shape index (κ3) is 5.45. The Hall–Kier alpha value is -4.09. The van der Waals surface area contributed by atoms with Gasteiger partial charge in [0, 0.05) is 38.4 Å². The normalized spacial score (nSPS) is 13.8. The number of pyridine rings is 1. The first-order chi connectivity index (χ1) is 16.1. The van der Waals surface area contributed by atoms with Gasteiger partial charge in [-0.2, -0.15) is 13.2 Å². The smallest absolute Gasteiger partial charge is 0.490 e. The molecule has 0 amide bonds. The highest BCUT2D eigenvalue weighted by Crippen LogP contribution is 2.34. The van der Waals surface area contributed by atoms with Gasteiger partial charge in [-0.15, -0.1) is 0 Å². The number of methoxy groups -OCH3 is 1. The van der Waals surface area contributed by atoms with Gasteiger partial charge in [-0.3, -0.25) is 15.1 Å². The van der Waals surface area contributed by atoms with Crippen LogP contribution in [0, 0.1) is 10.1 Å². The van der Waals surface area contributed by atoms with Crippen LogP contribution in [0.3, 0.4) is 0 Å². The Morgan fingerprint density at radius 1 is 1.03 bits per heavy atom. The highest BCUT2D eigenvalue weighted by Gasteiger charge is 2.38. The van der Waals surface area contributed by atoms with E-state index in [0.29, 0.717) is 10.9 Å². The molecule has 0 radical (unpaired) electrons. The monoisotopic (exact) mass is 478 g/mol. The van der Waals surface area contributed by atoms with Crippen molar-refractivity contribution in [3.8, 4) is 5.75 Å². The number of non-ortho nitro benzene ring substituents is 1. The Balaban J connectivity index is 0.000000406. The number of carboxylic acid groups (broad SMARTS) is 1. The number of aromatic nitrogens is 1. The zero-order valence-electron chi connectivity index (χ0n) is 18.0. The van der Waals surface area contributed by atoms with Crippen LogP contribution in [0.25, 0.3) is 10.9 Å². The lowest BCUT2D eigenvalue weighted by molar-refractivity contribution is -0.383. The van der Waals surface area contributed by atoms with Crippen molar-refractivity contribution in [1.29, 1.82) is 0 Å². The fourth-order valence-corrected chi connectivity index (χ4v) is 3.64. The Bertz CT molecular complexity index is 1180. The van der Waals surface area contributed by atoms with Gasteiger partial charge in [-0.25, -0.2) is 4.79 Å². The summed E-state index contributed by atoms with van der Waals surface area (Å²) in [5, 5.41) is 19.0. The van der Waals surface area contributed by atoms with Gasteiger partial charge in [-0.1, -0.05) is 12.1 Å². The molecule has 0 bridgehead atoms. The number of aliphatic carboxylic acids is 1. The average molecular weight is 478 g/mol. The van der Waals surface area contributed by atoms with Crippen molar-refractivity contribution < 1.29 is 32.7 Å². The summed E-state index contributed by atoms with van der Waals surface area (Å²) in [7, 11) is 1.68. The molecule has 1 aliphatic rings. The number of nitro benzene ring substituents is 1. The molecule has 12 heteroatoms. The molecule has 0 unspecified atom stereocenters. The average Bonchev–Trinajstić information content (AvgIpc) is 2.83. The lowest BCUT2D eigenvalue weighted by Gasteiger charge is -2.38. The first-order valence-corrected chi connectivity index (χ1v) is 10.1. The predicted octanol–water partition coefficient (Wildman–Crippen LogP) is 4.11. The van der Waals surface area contributed by atoms with E-state index in [2.05, 4.69) is 20.9 Å². The fourth-order valence-electron chi connectivity index (χ4n) is 3.64. The summed E-state index contributed by atoms with van der Waals surface area (Å²) in [6, 6.07) is 14.9. The third-order valence-electron chi connectivity index (χ3n) is 5.21. The number of carbonyl (C=O) groups is 1. The van der Waals surface area contributed by atoms with E-state index in [9.17, 15) is 23.3 Å². The Morgan fingerprint density at radius 3 is 2.18 bits per heavy atom. The zero-order chi connectivity index (χ0) is 24.9. The molecule has 0 spiro atoms. The lowest BCUT2D eigenvalue weighted by atomic mass is 10.1. The van der Waals surface area contributed by atoms with E-state index in [0.717, 1.165) is 43.3 Å². The van der Waals surface area contributed by atoms with Crippen LogP contribution in [0.1, 0.15) is 0 Å². The van der Waals surface area contributed by atoms with Gasteiger partial charge in [0.2, 0.25) is 0 Å². The van der Waals surface area contributed by atoms with Gasteiger partial charge in [0.1, 0.15) is 11.3 Å². The highest BCUT2D eigenvalue weighted by atomic mass is 19.4. The number of nitrogens with zero attached hydrogens (tertiary/aromatic N) is 4. The summed E-state index contributed by atoms with van der Waals surface area (Å²) in [4.78, 5) is 28.8. The molecule has 3 aromatic rings. The molecule has 0 atom stereocenters. The molecule has 1 saturated heterocycles. The maximum Gasteiger partial charge on any atom is 0.490 e. The van der Waals surface area contributed by atoms with Gasteiger partial charge in [-0.05, 0) is 30.3 Å². The number of ether oxygens (including phenoxy) is 1. The SMILES string of the molecule is COc1ccccc1N1CCN(c2ccc([N+](=O)[O-])c3cccnc23)CC1.O=C(O)C(F)(F)F. The number of rotatable bonds is 4. The molecule has 1 N–H and O–H groups in total. The maximum absolute atomic E-state index is 11.3. The van der Waals surface area contributed by atoms with E-state index in [-0.39, 0.29) is 10.6 Å². The summed E-state index contributed by atoms with van der Waals surface area (Å²) in [5.41, 5.74) is 2.80. The Labute approximate surface area is 192 Å². The predicted molar refractivity (Wildman–Crippen MR) is 120 cm³/mol. The number of fused-ring (bicyclic) bond motifs is 1. The number of alkyl halides is 3. The van der Waals surface area contributed by atoms with E-state index in [1.807, 2.05) is 24.3 Å². The maximum atomic E-state index is 11.3. The summed E-state index contributed by atoms with van der Waals surface area (Å²) >= 11 is 0. The number of anilines is 2. The molecule has 1 aliphatic heterocycles. The minimum Gasteiger partial charge on any atom is -0.495 e. The Morgan fingerprint density at radius 2 is 1.62 bits per heavy atom. The standard InChI is InChI=1S/C20H20N4O3.C2HF3O2/c1-27-19-7-3-2-6-17(19)22-11-13-23(14-12-22)18-9-8-16(24(25)26)15-5-4-10-21-20(15)18;3-2(4,5)1(6)7/h2-10H,11-14H2,1H3;(H,6,7). The van der Waals surface area contributed by atoms with Crippen LogP contribution in [-0.4, -0.2) is 60.4 Å². The third-order valence-corrected chi connectivity index (χ3v) is 5.21. The zero-order valence-corrected chi connectivity index (χ0v) is 18.0. The number of hydrogen-bond acceptors (Lipinski definition) is 7. The molecule has 34 heavy (non-hydrogen) atoms. The van der Waals surface area contributed by atoms with Gasteiger partial charge in [0.05, 0.1) is 28.8 Å². The Kier molecular flexibility index (Phi) is 7.39. The van der Waals surface area contributed by atoms with Crippen molar-refractivity contribution in [2.45, 2.75) is 6.18 Å². The van der Waals surface area contributed by atoms with Gasteiger partial charge in [0.25, 0.3) is 5.69 Å². The largest absolute Gasteiger partial charge is 0.495 e. The van der Waals surface area contributed by atoms with Crippen molar-refractivity contribution in [3.05, 3.63) is 64.8 Å².